The lowest BCUT2D eigenvalue weighted by Gasteiger charge is -2.26. The van der Waals surface area contributed by atoms with E-state index in [2.05, 4.69) is 21.8 Å². The van der Waals surface area contributed by atoms with Crippen molar-refractivity contribution in [1.29, 1.82) is 0 Å². The van der Waals surface area contributed by atoms with E-state index in [-0.39, 0.29) is 11.9 Å². The van der Waals surface area contributed by atoms with Crippen molar-refractivity contribution in [3.05, 3.63) is 36.3 Å². The number of hydrogen-bond acceptors (Lipinski definition) is 5. The van der Waals surface area contributed by atoms with Crippen molar-refractivity contribution < 1.29 is 4.79 Å². The molecule has 0 aromatic carbocycles. The highest BCUT2D eigenvalue weighted by Gasteiger charge is 2.32. The average molecular weight is 354 g/mol. The van der Waals surface area contributed by atoms with E-state index in [0.717, 1.165) is 56.2 Å². The molecule has 0 N–H and O–H groups in total. The molecule has 4 rings (SSSR count). The fourth-order valence-electron chi connectivity index (χ4n) is 4.05. The summed E-state index contributed by atoms with van der Waals surface area (Å²) in [4.78, 5) is 30.7. The molecule has 7 heteroatoms. The summed E-state index contributed by atoms with van der Waals surface area (Å²) in [5.74, 6) is 1.96. The van der Waals surface area contributed by atoms with Crippen LogP contribution in [0.2, 0.25) is 0 Å². The maximum absolute atomic E-state index is 12.8. The summed E-state index contributed by atoms with van der Waals surface area (Å²) in [7, 11) is 0. The molecular formula is C19H26N6O. The van der Waals surface area contributed by atoms with Crippen LogP contribution in [0.3, 0.4) is 0 Å². The van der Waals surface area contributed by atoms with Gasteiger partial charge >= 0.3 is 0 Å². The quantitative estimate of drug-likeness (QED) is 0.821. The van der Waals surface area contributed by atoms with E-state index in [4.69, 9.17) is 4.98 Å². The molecule has 0 spiro atoms. The Hall–Kier alpha value is -2.28. The SMILES string of the molecule is CCc1nccn1-c1cncc([C@H]2CCCN2C(=O)CN2CCCC2)n1. The summed E-state index contributed by atoms with van der Waals surface area (Å²) < 4.78 is 1.97. The van der Waals surface area contributed by atoms with Crippen molar-refractivity contribution in [2.24, 2.45) is 0 Å². The first kappa shape index (κ1) is 17.1. The Morgan fingerprint density at radius 1 is 1.19 bits per heavy atom. The zero-order valence-corrected chi connectivity index (χ0v) is 15.3. The van der Waals surface area contributed by atoms with Crippen molar-refractivity contribution in [2.45, 2.75) is 45.1 Å². The molecule has 0 bridgehead atoms. The van der Waals surface area contributed by atoms with Gasteiger partial charge in [-0.3, -0.25) is 19.2 Å². The number of nitrogens with zero attached hydrogens (tertiary/aromatic N) is 6. The van der Waals surface area contributed by atoms with E-state index in [1.807, 2.05) is 15.7 Å². The lowest BCUT2D eigenvalue weighted by atomic mass is 10.1. The predicted molar refractivity (Wildman–Crippen MR) is 97.9 cm³/mol. The van der Waals surface area contributed by atoms with Gasteiger partial charge in [0, 0.05) is 25.4 Å². The van der Waals surface area contributed by atoms with Gasteiger partial charge in [-0.25, -0.2) is 9.97 Å². The molecule has 2 aliphatic rings. The predicted octanol–water partition coefficient (Wildman–Crippen LogP) is 1.98. The number of hydrogen-bond donors (Lipinski definition) is 0. The van der Waals surface area contributed by atoms with Crippen LogP contribution in [0.1, 0.15) is 50.2 Å². The van der Waals surface area contributed by atoms with Gasteiger partial charge in [-0.05, 0) is 38.8 Å². The van der Waals surface area contributed by atoms with Gasteiger partial charge in [-0.15, -0.1) is 0 Å². The number of rotatable bonds is 5. The first-order chi connectivity index (χ1) is 12.8. The summed E-state index contributed by atoms with van der Waals surface area (Å²) in [6.45, 7) is 5.51. The first-order valence-electron chi connectivity index (χ1n) is 9.62. The van der Waals surface area contributed by atoms with Crippen LogP contribution < -0.4 is 0 Å². The van der Waals surface area contributed by atoms with Crippen molar-refractivity contribution >= 4 is 5.91 Å². The van der Waals surface area contributed by atoms with Gasteiger partial charge in [0.1, 0.15) is 5.82 Å². The third-order valence-corrected chi connectivity index (χ3v) is 5.39. The summed E-state index contributed by atoms with van der Waals surface area (Å²) in [5, 5.41) is 0. The highest BCUT2D eigenvalue weighted by molar-refractivity contribution is 5.79. The standard InChI is InChI=1S/C19H26N6O/c1-2-17-21-7-11-25(17)18-13-20-12-15(22-18)16-6-5-10-24(16)19(26)14-23-8-3-4-9-23/h7,11-13,16H,2-6,8-10,14H2,1H3/t16-/m1/s1. The number of carbonyl (C=O) groups excluding carboxylic acids is 1. The zero-order chi connectivity index (χ0) is 17.9. The van der Waals surface area contributed by atoms with E-state index in [1.54, 1.807) is 18.6 Å². The monoisotopic (exact) mass is 354 g/mol. The van der Waals surface area contributed by atoms with Gasteiger partial charge in [0.2, 0.25) is 5.91 Å². The molecule has 0 unspecified atom stereocenters. The summed E-state index contributed by atoms with van der Waals surface area (Å²) in [6, 6.07) is 0.0335. The molecule has 1 atom stereocenters. The zero-order valence-electron chi connectivity index (χ0n) is 15.3. The van der Waals surface area contributed by atoms with Gasteiger partial charge in [-0.1, -0.05) is 6.92 Å². The summed E-state index contributed by atoms with van der Waals surface area (Å²) in [6.07, 6.45) is 12.5. The molecule has 2 fully saturated rings. The van der Waals surface area contributed by atoms with Crippen molar-refractivity contribution in [1.82, 2.24) is 29.3 Å². The Labute approximate surface area is 154 Å². The molecule has 7 nitrogen and oxygen atoms in total. The first-order valence-corrected chi connectivity index (χ1v) is 9.62. The van der Waals surface area contributed by atoms with E-state index < -0.39 is 0 Å². The number of aromatic nitrogens is 4. The van der Waals surface area contributed by atoms with Crippen LogP contribution >= 0.6 is 0 Å². The second-order valence-corrected chi connectivity index (χ2v) is 7.10. The van der Waals surface area contributed by atoms with Crippen molar-refractivity contribution in [3.63, 3.8) is 0 Å². The summed E-state index contributed by atoms with van der Waals surface area (Å²) in [5.41, 5.74) is 0.880. The van der Waals surface area contributed by atoms with E-state index in [9.17, 15) is 4.79 Å². The average Bonchev–Trinajstić information content (AvgIpc) is 3.41. The Morgan fingerprint density at radius 2 is 2.04 bits per heavy atom. The molecule has 2 aromatic heterocycles. The van der Waals surface area contributed by atoms with Gasteiger partial charge in [0.25, 0.3) is 0 Å². The number of carbonyl (C=O) groups is 1. The van der Waals surface area contributed by atoms with Crippen LogP contribution in [0.5, 0.6) is 0 Å². The number of likely N-dealkylation sites (tertiary alicyclic amines) is 2. The normalized spacial score (nSPS) is 20.8. The fraction of sp³-hybridized carbons (Fsp3) is 0.579. The molecule has 1 amide bonds. The topological polar surface area (TPSA) is 67.2 Å². The number of amides is 1. The van der Waals surface area contributed by atoms with Gasteiger partial charge < -0.3 is 4.90 Å². The van der Waals surface area contributed by atoms with Crippen LogP contribution in [-0.4, -0.2) is 61.4 Å². The molecule has 0 saturated carbocycles. The Bertz CT molecular complexity index is 767. The third-order valence-electron chi connectivity index (χ3n) is 5.39. The molecule has 0 radical (unpaired) electrons. The van der Waals surface area contributed by atoms with Gasteiger partial charge in [0.15, 0.2) is 5.82 Å². The van der Waals surface area contributed by atoms with E-state index in [1.165, 1.54) is 12.8 Å². The van der Waals surface area contributed by atoms with Crippen LogP contribution in [0.4, 0.5) is 0 Å². The Balaban J connectivity index is 1.54. The molecule has 138 valence electrons. The Morgan fingerprint density at radius 3 is 2.85 bits per heavy atom. The lowest BCUT2D eigenvalue weighted by molar-refractivity contribution is -0.133. The van der Waals surface area contributed by atoms with Crippen molar-refractivity contribution in [2.75, 3.05) is 26.2 Å². The highest BCUT2D eigenvalue weighted by Crippen LogP contribution is 2.31. The largest absolute Gasteiger partial charge is 0.333 e. The maximum atomic E-state index is 12.8. The van der Waals surface area contributed by atoms with Crippen molar-refractivity contribution in [3.8, 4) is 5.82 Å². The smallest absolute Gasteiger partial charge is 0.237 e. The van der Waals surface area contributed by atoms with E-state index >= 15 is 0 Å². The number of imidazole rings is 1. The lowest BCUT2D eigenvalue weighted by Crippen LogP contribution is -2.39. The second kappa shape index (κ2) is 7.53. The minimum absolute atomic E-state index is 0.0335. The van der Waals surface area contributed by atoms with Crippen LogP contribution in [0.15, 0.2) is 24.8 Å². The van der Waals surface area contributed by atoms with Crippen LogP contribution in [0, 0.1) is 0 Å². The molecule has 26 heavy (non-hydrogen) atoms. The number of aryl methyl sites for hydroxylation is 1. The summed E-state index contributed by atoms with van der Waals surface area (Å²) >= 11 is 0. The van der Waals surface area contributed by atoms with E-state index in [0.29, 0.717) is 6.54 Å². The van der Waals surface area contributed by atoms with Crippen LogP contribution in [0.25, 0.3) is 5.82 Å². The van der Waals surface area contributed by atoms with Crippen LogP contribution in [-0.2, 0) is 11.2 Å². The second-order valence-electron chi connectivity index (χ2n) is 7.10. The molecule has 2 aliphatic heterocycles. The highest BCUT2D eigenvalue weighted by atomic mass is 16.2. The minimum Gasteiger partial charge on any atom is -0.333 e. The minimum atomic E-state index is 0.0335. The Kier molecular flexibility index (Phi) is 4.97. The molecular weight excluding hydrogens is 328 g/mol. The molecule has 4 heterocycles. The molecule has 0 aliphatic carbocycles. The third kappa shape index (κ3) is 3.35. The fourth-order valence-corrected chi connectivity index (χ4v) is 4.05. The molecule has 2 saturated heterocycles. The molecule has 2 aromatic rings. The van der Waals surface area contributed by atoms with Gasteiger partial charge in [0.05, 0.1) is 30.7 Å². The maximum Gasteiger partial charge on any atom is 0.237 e. The van der Waals surface area contributed by atoms with Gasteiger partial charge in [-0.2, -0.15) is 0 Å².